The Morgan fingerprint density at radius 3 is 3.06 bits per heavy atom. The third-order valence-corrected chi connectivity index (χ3v) is 4.42. The number of halogens is 1. The highest BCUT2D eigenvalue weighted by atomic mass is 79.9. The van der Waals surface area contributed by atoms with E-state index in [0.29, 0.717) is 18.6 Å². The maximum absolute atomic E-state index is 11.8. The molecule has 1 saturated heterocycles. The number of Topliss-reactive ketones (excluding diaryl/α,β-unsaturated/α-hetero) is 1. The number of carbonyl (C=O) groups is 1. The van der Waals surface area contributed by atoms with Crippen molar-refractivity contribution in [2.24, 2.45) is 0 Å². The van der Waals surface area contributed by atoms with Gasteiger partial charge >= 0.3 is 0 Å². The first-order valence-electron chi connectivity index (χ1n) is 5.60. The number of carbonyl (C=O) groups excluding carboxylic acids is 1. The summed E-state index contributed by atoms with van der Waals surface area (Å²) in [5.74, 6) is 0.293. The van der Waals surface area contributed by atoms with Crippen molar-refractivity contribution in [2.75, 3.05) is 6.61 Å². The zero-order chi connectivity index (χ0) is 11.4. The molecule has 1 aromatic rings. The van der Waals surface area contributed by atoms with Crippen LogP contribution in [0.15, 0.2) is 15.9 Å². The van der Waals surface area contributed by atoms with Crippen LogP contribution < -0.4 is 0 Å². The summed E-state index contributed by atoms with van der Waals surface area (Å²) in [6.07, 6.45) is 4.68. The van der Waals surface area contributed by atoms with E-state index in [9.17, 15) is 4.79 Å². The fourth-order valence-electron chi connectivity index (χ4n) is 1.94. The van der Waals surface area contributed by atoms with Gasteiger partial charge in [-0.25, -0.2) is 0 Å². The lowest BCUT2D eigenvalue weighted by molar-refractivity contribution is -0.122. The molecular weight excluding hydrogens is 288 g/mol. The van der Waals surface area contributed by atoms with E-state index in [1.54, 1.807) is 11.3 Å². The van der Waals surface area contributed by atoms with E-state index < -0.39 is 0 Å². The van der Waals surface area contributed by atoms with Crippen molar-refractivity contribution in [1.29, 1.82) is 0 Å². The highest BCUT2D eigenvalue weighted by Gasteiger charge is 2.17. The van der Waals surface area contributed by atoms with Crippen LogP contribution in [0.5, 0.6) is 0 Å². The summed E-state index contributed by atoms with van der Waals surface area (Å²) in [5.41, 5.74) is 0. The summed E-state index contributed by atoms with van der Waals surface area (Å²) in [4.78, 5) is 12.9. The van der Waals surface area contributed by atoms with E-state index in [2.05, 4.69) is 15.9 Å². The molecule has 0 N–H and O–H groups in total. The Hall–Kier alpha value is -0.190. The molecule has 1 aliphatic rings. The van der Waals surface area contributed by atoms with Crippen LogP contribution in [0.3, 0.4) is 0 Å². The molecule has 1 fully saturated rings. The highest BCUT2D eigenvalue weighted by Crippen LogP contribution is 2.22. The van der Waals surface area contributed by atoms with Crippen molar-refractivity contribution in [3.8, 4) is 0 Å². The van der Waals surface area contributed by atoms with Crippen molar-refractivity contribution < 1.29 is 9.53 Å². The van der Waals surface area contributed by atoms with Crippen LogP contribution in [0.4, 0.5) is 0 Å². The van der Waals surface area contributed by atoms with Crippen LogP contribution in [0.2, 0.25) is 0 Å². The highest BCUT2D eigenvalue weighted by molar-refractivity contribution is 9.10. The largest absolute Gasteiger partial charge is 0.378 e. The van der Waals surface area contributed by atoms with Gasteiger partial charge < -0.3 is 4.74 Å². The van der Waals surface area contributed by atoms with Crippen LogP contribution in [-0.4, -0.2) is 18.5 Å². The van der Waals surface area contributed by atoms with Crippen molar-refractivity contribution >= 4 is 33.0 Å². The SMILES string of the molecule is O=C(Cc1cc(Br)cs1)CC1CCCCO1. The third kappa shape index (κ3) is 3.68. The van der Waals surface area contributed by atoms with Gasteiger partial charge in [-0.05, 0) is 41.3 Å². The first-order chi connectivity index (χ1) is 7.74. The maximum Gasteiger partial charge on any atom is 0.140 e. The number of thiophene rings is 1. The molecule has 1 aliphatic heterocycles. The molecule has 2 heterocycles. The normalized spacial score (nSPS) is 20.9. The first kappa shape index (κ1) is 12.3. The topological polar surface area (TPSA) is 26.3 Å². The molecule has 0 saturated carbocycles. The zero-order valence-corrected chi connectivity index (χ0v) is 11.5. The van der Waals surface area contributed by atoms with Gasteiger partial charge in [-0.1, -0.05) is 0 Å². The minimum Gasteiger partial charge on any atom is -0.378 e. The molecule has 0 spiro atoms. The maximum atomic E-state index is 11.8. The smallest absolute Gasteiger partial charge is 0.140 e. The van der Waals surface area contributed by atoms with Gasteiger partial charge in [0, 0.05) is 34.2 Å². The van der Waals surface area contributed by atoms with Gasteiger partial charge in [-0.2, -0.15) is 0 Å². The summed E-state index contributed by atoms with van der Waals surface area (Å²) >= 11 is 5.03. The van der Waals surface area contributed by atoms with Crippen molar-refractivity contribution in [3.05, 3.63) is 20.8 Å². The van der Waals surface area contributed by atoms with Gasteiger partial charge in [0.25, 0.3) is 0 Å². The average Bonchev–Trinajstić information content (AvgIpc) is 2.65. The molecule has 0 amide bonds. The van der Waals surface area contributed by atoms with Crippen LogP contribution in [0.25, 0.3) is 0 Å². The second-order valence-electron chi connectivity index (χ2n) is 4.14. The standard InChI is InChI=1S/C12H15BrO2S/c13-9-5-12(16-8-9)7-10(14)6-11-3-1-2-4-15-11/h5,8,11H,1-4,6-7H2. The summed E-state index contributed by atoms with van der Waals surface area (Å²) in [7, 11) is 0. The monoisotopic (exact) mass is 302 g/mol. The molecule has 88 valence electrons. The van der Waals surface area contributed by atoms with Gasteiger partial charge in [0.2, 0.25) is 0 Å². The molecule has 1 atom stereocenters. The van der Waals surface area contributed by atoms with Crippen molar-refractivity contribution in [2.45, 2.75) is 38.2 Å². The van der Waals surface area contributed by atoms with Crippen LogP contribution >= 0.6 is 27.3 Å². The van der Waals surface area contributed by atoms with E-state index in [-0.39, 0.29) is 6.10 Å². The second-order valence-corrected chi connectivity index (χ2v) is 6.05. The first-order valence-corrected chi connectivity index (χ1v) is 7.27. The quantitative estimate of drug-likeness (QED) is 0.850. The lowest BCUT2D eigenvalue weighted by Crippen LogP contribution is -2.22. The van der Waals surface area contributed by atoms with E-state index in [0.717, 1.165) is 28.8 Å². The molecule has 0 aliphatic carbocycles. The molecule has 4 heteroatoms. The fraction of sp³-hybridized carbons (Fsp3) is 0.583. The van der Waals surface area contributed by atoms with Crippen LogP contribution in [0, 0.1) is 0 Å². The minimum absolute atomic E-state index is 0.171. The number of hydrogen-bond acceptors (Lipinski definition) is 3. The van der Waals surface area contributed by atoms with E-state index in [1.165, 1.54) is 6.42 Å². The number of hydrogen-bond donors (Lipinski definition) is 0. The second kappa shape index (κ2) is 5.94. The van der Waals surface area contributed by atoms with Gasteiger partial charge in [0.15, 0.2) is 0 Å². The predicted molar refractivity (Wildman–Crippen MR) is 68.9 cm³/mol. The molecular formula is C12H15BrO2S. The average molecular weight is 303 g/mol. The summed E-state index contributed by atoms with van der Waals surface area (Å²) in [5, 5.41) is 2.01. The van der Waals surface area contributed by atoms with E-state index >= 15 is 0 Å². The van der Waals surface area contributed by atoms with Gasteiger partial charge in [0.1, 0.15) is 5.78 Å². The Morgan fingerprint density at radius 1 is 1.56 bits per heavy atom. The Balaban J connectivity index is 1.79. The summed E-state index contributed by atoms with van der Waals surface area (Å²) in [6, 6.07) is 2.02. The summed E-state index contributed by atoms with van der Waals surface area (Å²) < 4.78 is 6.63. The third-order valence-electron chi connectivity index (χ3n) is 2.72. The molecule has 1 aromatic heterocycles. The van der Waals surface area contributed by atoms with Gasteiger partial charge in [-0.3, -0.25) is 4.79 Å². The van der Waals surface area contributed by atoms with Crippen LogP contribution in [-0.2, 0) is 16.0 Å². The molecule has 1 unspecified atom stereocenters. The molecule has 2 nitrogen and oxygen atoms in total. The minimum atomic E-state index is 0.171. The number of ketones is 1. The number of ether oxygens (including phenoxy) is 1. The Bertz CT molecular complexity index is 356. The zero-order valence-electron chi connectivity index (χ0n) is 9.08. The molecule has 0 radical (unpaired) electrons. The fourth-order valence-corrected chi connectivity index (χ4v) is 3.41. The van der Waals surface area contributed by atoms with Crippen LogP contribution in [0.1, 0.15) is 30.6 Å². The molecule has 0 aromatic carbocycles. The Labute approximate surface area is 108 Å². The number of rotatable bonds is 4. The van der Waals surface area contributed by atoms with E-state index in [4.69, 9.17) is 4.74 Å². The van der Waals surface area contributed by atoms with Crippen molar-refractivity contribution in [1.82, 2.24) is 0 Å². The van der Waals surface area contributed by atoms with Crippen molar-refractivity contribution in [3.63, 3.8) is 0 Å². The van der Waals surface area contributed by atoms with Gasteiger partial charge in [0.05, 0.1) is 6.10 Å². The Kier molecular flexibility index (Phi) is 4.55. The summed E-state index contributed by atoms with van der Waals surface area (Å²) in [6.45, 7) is 0.822. The van der Waals surface area contributed by atoms with E-state index in [1.807, 2.05) is 11.4 Å². The lowest BCUT2D eigenvalue weighted by Gasteiger charge is -2.21. The molecule has 2 rings (SSSR count). The predicted octanol–water partition coefficient (Wildman–Crippen LogP) is 3.58. The van der Waals surface area contributed by atoms with Gasteiger partial charge in [-0.15, -0.1) is 11.3 Å². The lowest BCUT2D eigenvalue weighted by atomic mass is 10.0. The molecule has 16 heavy (non-hydrogen) atoms. The Morgan fingerprint density at radius 2 is 2.44 bits per heavy atom. The molecule has 0 bridgehead atoms.